The molecular formula is C15H23N5O. The third kappa shape index (κ3) is 3.44. The lowest BCUT2D eigenvalue weighted by atomic mass is 9.91. The number of furan rings is 1. The molecule has 0 amide bonds. The number of nitrogens with one attached hydrogen (secondary N) is 1. The molecule has 21 heavy (non-hydrogen) atoms. The Hall–Kier alpha value is -1.82. The lowest BCUT2D eigenvalue weighted by molar-refractivity contribution is 0.352. The fourth-order valence-electron chi connectivity index (χ4n) is 2.86. The lowest BCUT2D eigenvalue weighted by Gasteiger charge is -2.32. The maximum absolute atomic E-state index is 5.98. The molecule has 0 radical (unpaired) electrons. The molecule has 1 aliphatic rings. The molecule has 2 aromatic heterocycles. The van der Waals surface area contributed by atoms with E-state index in [-0.39, 0.29) is 6.04 Å². The lowest BCUT2D eigenvalue weighted by Crippen LogP contribution is -2.40. The summed E-state index contributed by atoms with van der Waals surface area (Å²) < 4.78 is 5.33. The average Bonchev–Trinajstić information content (AvgIpc) is 3.17. The van der Waals surface area contributed by atoms with Crippen LogP contribution in [0.1, 0.15) is 31.4 Å². The van der Waals surface area contributed by atoms with Crippen LogP contribution in [0.5, 0.6) is 0 Å². The van der Waals surface area contributed by atoms with Crippen LogP contribution >= 0.6 is 0 Å². The second kappa shape index (κ2) is 6.30. The van der Waals surface area contributed by atoms with E-state index in [1.807, 2.05) is 12.1 Å². The number of piperidine rings is 1. The topological polar surface area (TPSA) is 84.0 Å². The largest absolute Gasteiger partial charge is 0.469 e. The number of aromatic nitrogens is 3. The summed E-state index contributed by atoms with van der Waals surface area (Å²) in [4.78, 5) is 6.83. The van der Waals surface area contributed by atoms with Crippen LogP contribution in [0, 0.1) is 5.92 Å². The van der Waals surface area contributed by atoms with Gasteiger partial charge in [0.25, 0.3) is 0 Å². The van der Waals surface area contributed by atoms with Crippen LogP contribution < -0.4 is 10.6 Å². The summed E-state index contributed by atoms with van der Waals surface area (Å²) in [6.45, 7) is 4.07. The van der Waals surface area contributed by atoms with Gasteiger partial charge in [-0.1, -0.05) is 0 Å². The van der Waals surface area contributed by atoms with Crippen LogP contribution in [-0.2, 0) is 12.8 Å². The van der Waals surface area contributed by atoms with Crippen LogP contribution in [0.4, 0.5) is 5.95 Å². The average molecular weight is 289 g/mol. The Balaban J connectivity index is 1.53. The molecule has 1 unspecified atom stereocenters. The van der Waals surface area contributed by atoms with Crippen LogP contribution in [0.15, 0.2) is 22.8 Å². The van der Waals surface area contributed by atoms with Crippen molar-refractivity contribution in [3.8, 4) is 0 Å². The molecule has 1 saturated heterocycles. The van der Waals surface area contributed by atoms with E-state index in [0.29, 0.717) is 5.92 Å². The molecule has 1 aliphatic heterocycles. The number of hydrogen-bond donors (Lipinski definition) is 2. The van der Waals surface area contributed by atoms with E-state index in [9.17, 15) is 0 Å². The second-order valence-electron chi connectivity index (χ2n) is 5.85. The summed E-state index contributed by atoms with van der Waals surface area (Å²) in [6.07, 6.45) is 5.59. The fourth-order valence-corrected chi connectivity index (χ4v) is 2.86. The van der Waals surface area contributed by atoms with Crippen LogP contribution in [0.3, 0.4) is 0 Å². The van der Waals surface area contributed by atoms with E-state index in [1.54, 1.807) is 6.26 Å². The fraction of sp³-hybridized carbons (Fsp3) is 0.600. The van der Waals surface area contributed by atoms with Crippen molar-refractivity contribution in [3.05, 3.63) is 30.0 Å². The van der Waals surface area contributed by atoms with Gasteiger partial charge in [0.2, 0.25) is 5.95 Å². The molecule has 6 heteroatoms. The van der Waals surface area contributed by atoms with Crippen molar-refractivity contribution in [3.63, 3.8) is 0 Å². The predicted molar refractivity (Wildman–Crippen MR) is 81.1 cm³/mol. The van der Waals surface area contributed by atoms with Gasteiger partial charge in [0.1, 0.15) is 11.6 Å². The van der Waals surface area contributed by atoms with Gasteiger partial charge < -0.3 is 15.1 Å². The van der Waals surface area contributed by atoms with E-state index >= 15 is 0 Å². The monoisotopic (exact) mass is 289 g/mol. The first kappa shape index (κ1) is 14.1. The third-order valence-electron chi connectivity index (χ3n) is 4.27. The zero-order chi connectivity index (χ0) is 14.7. The summed E-state index contributed by atoms with van der Waals surface area (Å²) in [7, 11) is 0. The normalized spacial score (nSPS) is 18.1. The molecule has 0 aromatic carbocycles. The zero-order valence-corrected chi connectivity index (χ0v) is 12.5. The number of H-pyrrole nitrogens is 1. The molecule has 6 nitrogen and oxygen atoms in total. The standard InChI is InChI=1S/C15H23N5O/c1-11(16)12-6-8-20(9-7-12)15-17-14(18-19-15)5-4-13-3-2-10-21-13/h2-3,10-12H,4-9,16H2,1H3,(H,17,18,19). The van der Waals surface area contributed by atoms with Gasteiger partial charge in [0.15, 0.2) is 0 Å². The van der Waals surface area contributed by atoms with E-state index in [2.05, 4.69) is 27.0 Å². The van der Waals surface area contributed by atoms with Crippen molar-refractivity contribution in [2.45, 2.75) is 38.6 Å². The summed E-state index contributed by atoms with van der Waals surface area (Å²) >= 11 is 0. The first-order valence-corrected chi connectivity index (χ1v) is 7.66. The quantitative estimate of drug-likeness (QED) is 0.876. The van der Waals surface area contributed by atoms with Gasteiger partial charge in [-0.15, -0.1) is 5.10 Å². The molecule has 0 saturated carbocycles. The van der Waals surface area contributed by atoms with Crippen molar-refractivity contribution in [2.24, 2.45) is 11.7 Å². The highest BCUT2D eigenvalue weighted by atomic mass is 16.3. The predicted octanol–water partition coefficient (Wildman–Crippen LogP) is 1.75. The Kier molecular flexibility index (Phi) is 4.24. The Morgan fingerprint density at radius 3 is 2.90 bits per heavy atom. The maximum Gasteiger partial charge on any atom is 0.244 e. The van der Waals surface area contributed by atoms with Gasteiger partial charge in [-0.3, -0.25) is 5.10 Å². The van der Waals surface area contributed by atoms with E-state index in [0.717, 1.165) is 56.3 Å². The maximum atomic E-state index is 5.98. The van der Waals surface area contributed by atoms with Crippen molar-refractivity contribution in [2.75, 3.05) is 18.0 Å². The Bertz CT molecular complexity index is 540. The number of hydrogen-bond acceptors (Lipinski definition) is 5. The van der Waals surface area contributed by atoms with Crippen LogP contribution in [0.25, 0.3) is 0 Å². The van der Waals surface area contributed by atoms with E-state index in [4.69, 9.17) is 10.2 Å². The first-order valence-electron chi connectivity index (χ1n) is 7.66. The molecule has 0 bridgehead atoms. The van der Waals surface area contributed by atoms with Crippen LogP contribution in [-0.4, -0.2) is 34.3 Å². The smallest absolute Gasteiger partial charge is 0.244 e. The molecule has 3 heterocycles. The minimum absolute atomic E-state index is 0.281. The summed E-state index contributed by atoms with van der Waals surface area (Å²) in [5.41, 5.74) is 5.98. The number of rotatable bonds is 5. The highest BCUT2D eigenvalue weighted by Crippen LogP contribution is 2.22. The molecule has 3 rings (SSSR count). The highest BCUT2D eigenvalue weighted by molar-refractivity contribution is 5.29. The van der Waals surface area contributed by atoms with Gasteiger partial charge in [-0.25, -0.2) is 0 Å². The first-order chi connectivity index (χ1) is 10.2. The number of nitrogens with zero attached hydrogens (tertiary/aromatic N) is 3. The number of aryl methyl sites for hydroxylation is 2. The Morgan fingerprint density at radius 1 is 1.43 bits per heavy atom. The summed E-state index contributed by atoms with van der Waals surface area (Å²) in [6, 6.07) is 4.17. The zero-order valence-electron chi connectivity index (χ0n) is 12.5. The van der Waals surface area contributed by atoms with Crippen molar-refractivity contribution >= 4 is 5.95 Å². The molecular weight excluding hydrogens is 266 g/mol. The van der Waals surface area contributed by atoms with Gasteiger partial charge in [-0.05, 0) is 37.8 Å². The van der Waals surface area contributed by atoms with E-state index in [1.165, 1.54) is 0 Å². The van der Waals surface area contributed by atoms with Crippen LogP contribution in [0.2, 0.25) is 0 Å². The van der Waals surface area contributed by atoms with Gasteiger partial charge in [-0.2, -0.15) is 4.98 Å². The molecule has 2 aromatic rings. The van der Waals surface area contributed by atoms with E-state index < -0.39 is 0 Å². The van der Waals surface area contributed by atoms with Gasteiger partial charge >= 0.3 is 0 Å². The van der Waals surface area contributed by atoms with Crippen molar-refractivity contribution < 1.29 is 4.42 Å². The SMILES string of the molecule is CC(N)C1CCN(c2n[nH]c(CCc3ccco3)n2)CC1. The molecule has 0 spiro atoms. The summed E-state index contributed by atoms with van der Waals surface area (Å²) in [5, 5.41) is 7.37. The van der Waals surface area contributed by atoms with Gasteiger partial charge in [0, 0.05) is 32.0 Å². The molecule has 1 atom stereocenters. The van der Waals surface area contributed by atoms with Gasteiger partial charge in [0.05, 0.1) is 6.26 Å². The minimum atomic E-state index is 0.281. The Labute approximate surface area is 124 Å². The van der Waals surface area contributed by atoms with Crippen molar-refractivity contribution in [1.82, 2.24) is 15.2 Å². The number of nitrogens with two attached hydrogens (primary N) is 1. The minimum Gasteiger partial charge on any atom is -0.469 e. The molecule has 3 N–H and O–H groups in total. The number of anilines is 1. The Morgan fingerprint density at radius 2 is 2.24 bits per heavy atom. The third-order valence-corrected chi connectivity index (χ3v) is 4.27. The molecule has 1 fully saturated rings. The van der Waals surface area contributed by atoms with Crippen molar-refractivity contribution in [1.29, 1.82) is 0 Å². The highest BCUT2D eigenvalue weighted by Gasteiger charge is 2.23. The number of aromatic amines is 1. The summed E-state index contributed by atoms with van der Waals surface area (Å²) in [5.74, 6) is 3.33. The molecule has 114 valence electrons. The molecule has 0 aliphatic carbocycles. The second-order valence-corrected chi connectivity index (χ2v) is 5.85.